The van der Waals surface area contributed by atoms with E-state index < -0.39 is 23.4 Å². The summed E-state index contributed by atoms with van der Waals surface area (Å²) in [5.74, 6) is -1.98. The van der Waals surface area contributed by atoms with Crippen LogP contribution in [0.4, 0.5) is 13.2 Å². The molecule has 0 saturated heterocycles. The first-order valence-corrected chi connectivity index (χ1v) is 9.69. The van der Waals surface area contributed by atoms with Gasteiger partial charge < -0.3 is 9.47 Å². The predicted octanol–water partition coefficient (Wildman–Crippen LogP) is 5.16. The Morgan fingerprint density at radius 3 is 2.55 bits per heavy atom. The van der Waals surface area contributed by atoms with E-state index in [-0.39, 0.29) is 23.5 Å². The monoisotopic (exact) mass is 403 g/mol. The second kappa shape index (κ2) is 8.68. The number of amides is 1. The third-order valence-electron chi connectivity index (χ3n) is 4.62. The lowest BCUT2D eigenvalue weighted by molar-refractivity contribution is 0.0711. The molecule has 0 saturated carbocycles. The number of fused-ring (bicyclic) bond motifs is 1. The molecule has 0 bridgehead atoms. The zero-order chi connectivity index (χ0) is 21.1. The Labute approximate surface area is 168 Å². The Morgan fingerprint density at radius 1 is 1.14 bits per heavy atom. The van der Waals surface area contributed by atoms with Gasteiger partial charge in [-0.1, -0.05) is 26.8 Å². The molecule has 1 heterocycles. The maximum Gasteiger partial charge on any atom is 0.257 e. The van der Waals surface area contributed by atoms with Crippen LogP contribution in [-0.2, 0) is 13.1 Å². The van der Waals surface area contributed by atoms with Crippen LogP contribution in [0.2, 0.25) is 0 Å². The first-order valence-electron chi connectivity index (χ1n) is 9.69. The fourth-order valence-electron chi connectivity index (χ4n) is 3.42. The lowest BCUT2D eigenvalue weighted by Crippen LogP contribution is -2.35. The lowest BCUT2D eigenvalue weighted by atomic mass is 10.1. The summed E-state index contributed by atoms with van der Waals surface area (Å²) in [5, 5.41) is 0. The van der Waals surface area contributed by atoms with Gasteiger partial charge in [-0.2, -0.15) is 0 Å². The Kier molecular flexibility index (Phi) is 6.25. The zero-order valence-electron chi connectivity index (χ0n) is 16.8. The minimum absolute atomic E-state index is 0.0992. The van der Waals surface area contributed by atoms with Crippen molar-refractivity contribution in [3.8, 4) is 0 Å². The van der Waals surface area contributed by atoms with Crippen molar-refractivity contribution in [3.05, 3.63) is 65.2 Å². The topological polar surface area (TPSA) is 38.1 Å². The minimum Gasteiger partial charge on any atom is -0.331 e. The standard InChI is InChI=1S/C22H24F3N3O/c1-4-10-28-19-7-5-6-17(24)21(19)26-20(28)13-27(12-14(2)3)22(29)16-9-8-15(23)11-18(16)25/h5-9,11,14H,4,10,12-13H2,1-3H3. The van der Waals surface area contributed by atoms with Crippen molar-refractivity contribution < 1.29 is 18.0 Å². The molecule has 0 unspecified atom stereocenters. The van der Waals surface area contributed by atoms with Crippen LogP contribution in [0.15, 0.2) is 36.4 Å². The number of hydrogen-bond donors (Lipinski definition) is 0. The third kappa shape index (κ3) is 4.44. The van der Waals surface area contributed by atoms with Crippen LogP contribution in [0, 0.1) is 23.4 Å². The number of para-hydroxylation sites is 1. The van der Waals surface area contributed by atoms with Crippen LogP contribution >= 0.6 is 0 Å². The SMILES string of the molecule is CCCn1c(CN(CC(C)C)C(=O)c2ccc(F)cc2F)nc2c(F)cccc21. The second-order valence-corrected chi connectivity index (χ2v) is 7.49. The van der Waals surface area contributed by atoms with Crippen molar-refractivity contribution in [3.63, 3.8) is 0 Å². The van der Waals surface area contributed by atoms with E-state index in [0.717, 1.165) is 18.6 Å². The smallest absolute Gasteiger partial charge is 0.257 e. The Hall–Kier alpha value is -2.83. The Morgan fingerprint density at radius 2 is 1.90 bits per heavy atom. The summed E-state index contributed by atoms with van der Waals surface area (Å²) in [6, 6.07) is 7.67. The molecule has 0 spiro atoms. The first-order chi connectivity index (χ1) is 13.8. The molecule has 2 aromatic carbocycles. The van der Waals surface area contributed by atoms with Crippen LogP contribution in [0.1, 0.15) is 43.4 Å². The number of carbonyl (C=O) groups is 1. The number of aromatic nitrogens is 2. The summed E-state index contributed by atoms with van der Waals surface area (Å²) in [5.41, 5.74) is 0.712. The highest BCUT2D eigenvalue weighted by atomic mass is 19.1. The van der Waals surface area contributed by atoms with Gasteiger partial charge in [0, 0.05) is 19.2 Å². The van der Waals surface area contributed by atoms with E-state index in [9.17, 15) is 18.0 Å². The quantitative estimate of drug-likeness (QED) is 0.546. The molecule has 0 fully saturated rings. The van der Waals surface area contributed by atoms with Crippen molar-refractivity contribution in [2.75, 3.05) is 6.54 Å². The summed E-state index contributed by atoms with van der Waals surface area (Å²) >= 11 is 0. The van der Waals surface area contributed by atoms with E-state index in [4.69, 9.17) is 0 Å². The van der Waals surface area contributed by atoms with Crippen molar-refractivity contribution in [2.45, 2.75) is 40.3 Å². The maximum absolute atomic E-state index is 14.2. The number of imidazole rings is 1. The van der Waals surface area contributed by atoms with Crippen molar-refractivity contribution in [2.24, 2.45) is 5.92 Å². The van der Waals surface area contributed by atoms with E-state index in [1.807, 2.05) is 25.3 Å². The molecule has 154 valence electrons. The van der Waals surface area contributed by atoms with E-state index in [1.54, 1.807) is 12.1 Å². The molecule has 1 amide bonds. The normalized spacial score (nSPS) is 11.4. The molecule has 0 atom stereocenters. The van der Waals surface area contributed by atoms with Gasteiger partial charge in [0.25, 0.3) is 5.91 Å². The lowest BCUT2D eigenvalue weighted by Gasteiger charge is -2.25. The molecule has 7 heteroatoms. The van der Waals surface area contributed by atoms with Crippen molar-refractivity contribution in [1.29, 1.82) is 0 Å². The molecule has 29 heavy (non-hydrogen) atoms. The Bertz CT molecular complexity index is 1030. The molecule has 4 nitrogen and oxygen atoms in total. The van der Waals surface area contributed by atoms with Gasteiger partial charge in [0.1, 0.15) is 23.0 Å². The van der Waals surface area contributed by atoms with Crippen molar-refractivity contribution in [1.82, 2.24) is 14.5 Å². The van der Waals surface area contributed by atoms with Gasteiger partial charge in [0.05, 0.1) is 17.6 Å². The van der Waals surface area contributed by atoms with Gasteiger partial charge in [-0.3, -0.25) is 4.79 Å². The molecular weight excluding hydrogens is 379 g/mol. The fourth-order valence-corrected chi connectivity index (χ4v) is 3.42. The molecule has 0 radical (unpaired) electrons. The van der Waals surface area contributed by atoms with Gasteiger partial charge in [-0.15, -0.1) is 0 Å². The highest BCUT2D eigenvalue weighted by Crippen LogP contribution is 2.22. The predicted molar refractivity (Wildman–Crippen MR) is 106 cm³/mol. The van der Waals surface area contributed by atoms with Gasteiger partial charge in [0.2, 0.25) is 0 Å². The van der Waals surface area contributed by atoms with E-state index in [1.165, 1.54) is 11.0 Å². The third-order valence-corrected chi connectivity index (χ3v) is 4.62. The van der Waals surface area contributed by atoms with Crippen LogP contribution in [0.25, 0.3) is 11.0 Å². The maximum atomic E-state index is 14.2. The zero-order valence-corrected chi connectivity index (χ0v) is 16.8. The molecule has 0 aliphatic carbocycles. The van der Waals surface area contributed by atoms with Gasteiger partial charge >= 0.3 is 0 Å². The molecule has 0 aliphatic rings. The molecule has 0 aliphatic heterocycles. The summed E-state index contributed by atoms with van der Waals surface area (Å²) in [6.07, 6.45) is 0.805. The minimum atomic E-state index is -0.906. The largest absolute Gasteiger partial charge is 0.331 e. The molecule has 1 aromatic heterocycles. The average molecular weight is 403 g/mol. The molecular formula is C22H24F3N3O. The van der Waals surface area contributed by atoms with Crippen LogP contribution in [-0.4, -0.2) is 26.9 Å². The first kappa shape index (κ1) is 20.9. The fraction of sp³-hybridized carbons (Fsp3) is 0.364. The number of halogens is 3. The highest BCUT2D eigenvalue weighted by molar-refractivity contribution is 5.94. The average Bonchev–Trinajstić information content (AvgIpc) is 3.00. The number of nitrogens with zero attached hydrogens (tertiary/aromatic N) is 3. The second-order valence-electron chi connectivity index (χ2n) is 7.49. The summed E-state index contributed by atoms with van der Waals surface area (Å²) in [7, 11) is 0. The summed E-state index contributed by atoms with van der Waals surface area (Å²) in [4.78, 5) is 18.9. The van der Waals surface area contributed by atoms with Crippen LogP contribution in [0.5, 0.6) is 0 Å². The molecule has 0 N–H and O–H groups in total. The van der Waals surface area contributed by atoms with Gasteiger partial charge in [-0.05, 0) is 36.6 Å². The van der Waals surface area contributed by atoms with Gasteiger partial charge in [0.15, 0.2) is 5.82 Å². The number of carbonyl (C=O) groups excluding carboxylic acids is 1. The van der Waals surface area contributed by atoms with E-state index >= 15 is 0 Å². The number of benzene rings is 2. The van der Waals surface area contributed by atoms with Crippen LogP contribution in [0.3, 0.4) is 0 Å². The summed E-state index contributed by atoms with van der Waals surface area (Å²) < 4.78 is 43.6. The Balaban J connectivity index is 2.02. The highest BCUT2D eigenvalue weighted by Gasteiger charge is 2.24. The summed E-state index contributed by atoms with van der Waals surface area (Å²) in [6.45, 7) is 6.95. The van der Waals surface area contributed by atoms with E-state index in [0.29, 0.717) is 30.5 Å². The number of aryl methyl sites for hydroxylation is 1. The van der Waals surface area contributed by atoms with Crippen LogP contribution < -0.4 is 0 Å². The molecule has 3 rings (SSSR count). The number of rotatable bonds is 7. The van der Waals surface area contributed by atoms with Gasteiger partial charge in [-0.25, -0.2) is 18.2 Å². The van der Waals surface area contributed by atoms with E-state index in [2.05, 4.69) is 4.98 Å². The molecule has 3 aromatic rings. The van der Waals surface area contributed by atoms with Crippen molar-refractivity contribution >= 4 is 16.9 Å². The number of hydrogen-bond acceptors (Lipinski definition) is 2.